The molecular formula is C18H19F2N3O5S. The smallest absolute Gasteiger partial charge is 0.354 e. The van der Waals surface area contributed by atoms with Crippen LogP contribution in [0.1, 0.15) is 23.3 Å². The van der Waals surface area contributed by atoms with Crippen molar-refractivity contribution in [2.45, 2.75) is 23.8 Å². The zero-order chi connectivity index (χ0) is 21.3. The van der Waals surface area contributed by atoms with Crippen molar-refractivity contribution in [1.82, 2.24) is 8.87 Å². The Morgan fingerprint density at radius 3 is 2.66 bits per heavy atom. The Morgan fingerprint density at radius 1 is 1.24 bits per heavy atom. The number of rotatable bonds is 5. The van der Waals surface area contributed by atoms with E-state index in [4.69, 9.17) is 0 Å². The first-order valence-corrected chi connectivity index (χ1v) is 10.1. The quantitative estimate of drug-likeness (QED) is 0.735. The van der Waals surface area contributed by atoms with Crippen molar-refractivity contribution >= 4 is 27.6 Å². The number of amides is 1. The van der Waals surface area contributed by atoms with Gasteiger partial charge in [-0.05, 0) is 31.0 Å². The van der Waals surface area contributed by atoms with Crippen molar-refractivity contribution in [3.8, 4) is 0 Å². The van der Waals surface area contributed by atoms with E-state index in [-0.39, 0.29) is 29.2 Å². The summed E-state index contributed by atoms with van der Waals surface area (Å²) in [5.74, 6) is -3.04. The maximum Gasteiger partial charge on any atom is 0.354 e. The van der Waals surface area contributed by atoms with Crippen molar-refractivity contribution in [3.05, 3.63) is 47.8 Å². The van der Waals surface area contributed by atoms with E-state index < -0.39 is 39.6 Å². The van der Waals surface area contributed by atoms with E-state index in [9.17, 15) is 26.8 Å². The molecule has 0 radical (unpaired) electrons. The zero-order valence-electron chi connectivity index (χ0n) is 15.7. The Labute approximate surface area is 166 Å². The SMILES string of the molecule is COC(=O)c1cc(S(=O)(=O)N2CCC[C@H]2C(=O)Nc2cc(F)ccc2F)cn1C. The van der Waals surface area contributed by atoms with E-state index >= 15 is 0 Å². The number of anilines is 1. The highest BCUT2D eigenvalue weighted by molar-refractivity contribution is 7.89. The van der Waals surface area contributed by atoms with Crippen LogP contribution in [0.5, 0.6) is 0 Å². The van der Waals surface area contributed by atoms with Gasteiger partial charge >= 0.3 is 5.97 Å². The van der Waals surface area contributed by atoms with E-state index in [2.05, 4.69) is 10.1 Å². The molecule has 0 saturated carbocycles. The van der Waals surface area contributed by atoms with Gasteiger partial charge in [0.05, 0.1) is 12.8 Å². The number of sulfonamides is 1. The van der Waals surface area contributed by atoms with E-state index in [0.717, 1.165) is 22.5 Å². The number of hydrogen-bond donors (Lipinski definition) is 1. The Kier molecular flexibility index (Phi) is 5.71. The average Bonchev–Trinajstić information content (AvgIpc) is 3.31. The van der Waals surface area contributed by atoms with Gasteiger partial charge in [-0.3, -0.25) is 4.79 Å². The van der Waals surface area contributed by atoms with Gasteiger partial charge in [0.1, 0.15) is 28.3 Å². The molecule has 1 saturated heterocycles. The van der Waals surface area contributed by atoms with Gasteiger partial charge in [-0.15, -0.1) is 0 Å². The van der Waals surface area contributed by atoms with Gasteiger partial charge in [0.2, 0.25) is 15.9 Å². The number of aryl methyl sites for hydroxylation is 1. The van der Waals surface area contributed by atoms with Crippen LogP contribution in [0, 0.1) is 11.6 Å². The molecule has 0 unspecified atom stereocenters. The van der Waals surface area contributed by atoms with Crippen molar-refractivity contribution in [1.29, 1.82) is 0 Å². The van der Waals surface area contributed by atoms with Gasteiger partial charge < -0.3 is 14.6 Å². The molecule has 0 bridgehead atoms. The number of carbonyl (C=O) groups excluding carboxylic acids is 2. The van der Waals surface area contributed by atoms with Crippen LogP contribution in [-0.2, 0) is 26.6 Å². The number of benzene rings is 1. The Hall–Kier alpha value is -2.79. The first-order chi connectivity index (χ1) is 13.6. The number of esters is 1. The number of carbonyl (C=O) groups is 2. The van der Waals surface area contributed by atoms with Crippen molar-refractivity contribution < 1.29 is 31.5 Å². The highest BCUT2D eigenvalue weighted by Crippen LogP contribution is 2.28. The third-order valence-electron chi connectivity index (χ3n) is 4.67. The third-order valence-corrected chi connectivity index (χ3v) is 6.55. The molecule has 1 aliphatic rings. The lowest BCUT2D eigenvalue weighted by atomic mass is 10.2. The predicted molar refractivity (Wildman–Crippen MR) is 98.7 cm³/mol. The summed E-state index contributed by atoms with van der Waals surface area (Å²) in [6.07, 6.45) is 1.89. The Morgan fingerprint density at radius 2 is 1.97 bits per heavy atom. The lowest BCUT2D eigenvalue weighted by Gasteiger charge is -2.23. The number of ether oxygens (including phenoxy) is 1. The normalized spacial score (nSPS) is 17.3. The minimum absolute atomic E-state index is 0.0353. The van der Waals surface area contributed by atoms with Crippen LogP contribution in [0.3, 0.4) is 0 Å². The third kappa shape index (κ3) is 4.01. The lowest BCUT2D eigenvalue weighted by molar-refractivity contribution is -0.119. The number of hydrogen-bond acceptors (Lipinski definition) is 5. The monoisotopic (exact) mass is 427 g/mol. The Bertz CT molecular complexity index is 1070. The molecular weight excluding hydrogens is 408 g/mol. The van der Waals surface area contributed by atoms with Gasteiger partial charge in [-0.1, -0.05) is 0 Å². The molecule has 1 atom stereocenters. The maximum absolute atomic E-state index is 13.8. The summed E-state index contributed by atoms with van der Waals surface area (Å²) in [7, 11) is -1.44. The molecule has 1 fully saturated rings. The highest BCUT2D eigenvalue weighted by Gasteiger charge is 2.40. The minimum atomic E-state index is -4.11. The second-order valence-corrected chi connectivity index (χ2v) is 8.44. The summed E-state index contributed by atoms with van der Waals surface area (Å²) in [5.41, 5.74) is -0.333. The van der Waals surface area contributed by atoms with Gasteiger partial charge in [-0.2, -0.15) is 4.31 Å². The molecule has 11 heteroatoms. The molecule has 0 aliphatic carbocycles. The fraction of sp³-hybridized carbons (Fsp3) is 0.333. The van der Waals surface area contributed by atoms with E-state index in [1.165, 1.54) is 31.0 Å². The number of nitrogens with one attached hydrogen (secondary N) is 1. The predicted octanol–water partition coefficient (Wildman–Crippen LogP) is 1.88. The van der Waals surface area contributed by atoms with Gasteiger partial charge in [0.25, 0.3) is 0 Å². The molecule has 0 spiro atoms. The molecule has 8 nitrogen and oxygen atoms in total. The number of halogens is 2. The van der Waals surface area contributed by atoms with Crippen LogP contribution in [-0.4, -0.2) is 48.9 Å². The van der Waals surface area contributed by atoms with Crippen LogP contribution in [0.25, 0.3) is 0 Å². The molecule has 156 valence electrons. The van der Waals surface area contributed by atoms with Crippen LogP contribution in [0.2, 0.25) is 0 Å². The largest absolute Gasteiger partial charge is 0.464 e. The first kappa shape index (κ1) is 20.9. The molecule has 2 aromatic rings. The maximum atomic E-state index is 13.8. The minimum Gasteiger partial charge on any atom is -0.464 e. The molecule has 3 rings (SSSR count). The summed E-state index contributed by atoms with van der Waals surface area (Å²) in [6.45, 7) is 0.0779. The number of methoxy groups -OCH3 is 1. The van der Waals surface area contributed by atoms with Crippen LogP contribution < -0.4 is 5.32 Å². The van der Waals surface area contributed by atoms with Gasteiger partial charge in [0, 0.05) is 25.9 Å². The van der Waals surface area contributed by atoms with Crippen molar-refractivity contribution in [3.63, 3.8) is 0 Å². The molecule has 2 heterocycles. The van der Waals surface area contributed by atoms with E-state index in [1.54, 1.807) is 0 Å². The molecule has 1 aliphatic heterocycles. The van der Waals surface area contributed by atoms with Crippen molar-refractivity contribution in [2.24, 2.45) is 7.05 Å². The molecule has 1 aromatic carbocycles. The molecule has 1 amide bonds. The summed E-state index contributed by atoms with van der Waals surface area (Å²) in [5, 5.41) is 2.25. The standard InChI is InChI=1S/C18H19F2N3O5S/c1-22-10-12(9-16(22)18(25)28-2)29(26,27)23-7-3-4-15(23)17(24)21-14-8-11(19)5-6-13(14)20/h5-6,8-10,15H,3-4,7H2,1-2H3,(H,21,24)/t15-/m0/s1. The van der Waals surface area contributed by atoms with E-state index in [1.807, 2.05) is 0 Å². The van der Waals surface area contributed by atoms with Crippen LogP contribution in [0.4, 0.5) is 14.5 Å². The average molecular weight is 427 g/mol. The molecule has 1 aromatic heterocycles. The first-order valence-electron chi connectivity index (χ1n) is 8.67. The summed E-state index contributed by atoms with van der Waals surface area (Å²) < 4.78 is 60.2. The highest BCUT2D eigenvalue weighted by atomic mass is 32.2. The lowest BCUT2D eigenvalue weighted by Crippen LogP contribution is -2.43. The number of aromatic nitrogens is 1. The fourth-order valence-electron chi connectivity index (χ4n) is 3.22. The van der Waals surface area contributed by atoms with Gasteiger partial charge in [-0.25, -0.2) is 22.0 Å². The van der Waals surface area contributed by atoms with Gasteiger partial charge in [0.15, 0.2) is 0 Å². The summed E-state index contributed by atoms with van der Waals surface area (Å²) >= 11 is 0. The van der Waals surface area contributed by atoms with Crippen LogP contribution in [0.15, 0.2) is 35.4 Å². The van der Waals surface area contributed by atoms with E-state index in [0.29, 0.717) is 6.42 Å². The topological polar surface area (TPSA) is 97.7 Å². The zero-order valence-corrected chi connectivity index (χ0v) is 16.5. The molecule has 1 N–H and O–H groups in total. The second-order valence-electron chi connectivity index (χ2n) is 6.55. The number of nitrogens with zero attached hydrogens (tertiary/aromatic N) is 2. The van der Waals surface area contributed by atoms with Crippen molar-refractivity contribution in [2.75, 3.05) is 19.0 Å². The summed E-state index contributed by atoms with van der Waals surface area (Å²) in [4.78, 5) is 24.2. The fourth-order valence-corrected chi connectivity index (χ4v) is 4.95. The second kappa shape index (κ2) is 7.91. The Balaban J connectivity index is 1.87. The molecule has 29 heavy (non-hydrogen) atoms. The van der Waals surface area contributed by atoms with Crippen LogP contribution >= 0.6 is 0 Å². The summed E-state index contributed by atoms with van der Waals surface area (Å²) in [6, 6.07) is 2.67.